The van der Waals surface area contributed by atoms with Crippen molar-refractivity contribution in [3.63, 3.8) is 0 Å². The highest BCUT2D eigenvalue weighted by atomic mass is 16.2. The van der Waals surface area contributed by atoms with Crippen LogP contribution in [0.15, 0.2) is 6.20 Å². The number of hydrogen-bond acceptors (Lipinski definition) is 3. The molecule has 1 saturated carbocycles. The number of aromatic nitrogens is 2. The van der Waals surface area contributed by atoms with Crippen LogP contribution >= 0.6 is 0 Å². The highest BCUT2D eigenvalue weighted by Gasteiger charge is 2.32. The monoisotopic (exact) mass is 278 g/mol. The first-order valence-electron chi connectivity index (χ1n) is 7.59. The Morgan fingerprint density at radius 2 is 2.20 bits per heavy atom. The Hall–Kier alpha value is -1.36. The number of nitrogens with zero attached hydrogens (tertiary/aromatic N) is 3. The van der Waals surface area contributed by atoms with Crippen LogP contribution in [0.25, 0.3) is 0 Å². The molecule has 1 heterocycles. The van der Waals surface area contributed by atoms with E-state index in [4.69, 9.17) is 5.73 Å². The van der Waals surface area contributed by atoms with Gasteiger partial charge in [0, 0.05) is 25.3 Å². The summed E-state index contributed by atoms with van der Waals surface area (Å²) in [6.07, 6.45) is 6.31. The summed E-state index contributed by atoms with van der Waals surface area (Å²) in [4.78, 5) is 14.8. The SMILES string of the molecule is CCN(C(=O)c1cnn(C)c1C)C1CCCCC1CN. The van der Waals surface area contributed by atoms with Gasteiger partial charge in [-0.25, -0.2) is 0 Å². The van der Waals surface area contributed by atoms with Crippen LogP contribution in [0.2, 0.25) is 0 Å². The molecule has 0 spiro atoms. The Balaban J connectivity index is 2.22. The van der Waals surface area contributed by atoms with Crippen molar-refractivity contribution in [2.24, 2.45) is 18.7 Å². The molecule has 1 amide bonds. The summed E-state index contributed by atoms with van der Waals surface area (Å²) in [6, 6.07) is 0.283. The Bertz CT molecular complexity index is 468. The normalized spacial score (nSPS) is 22.8. The zero-order valence-corrected chi connectivity index (χ0v) is 12.8. The minimum atomic E-state index is 0.100. The average molecular weight is 278 g/mol. The van der Waals surface area contributed by atoms with Crippen molar-refractivity contribution < 1.29 is 4.79 Å². The zero-order chi connectivity index (χ0) is 14.7. The molecule has 2 atom stereocenters. The first kappa shape index (κ1) is 15.0. The van der Waals surface area contributed by atoms with Crippen molar-refractivity contribution in [1.29, 1.82) is 0 Å². The van der Waals surface area contributed by atoms with E-state index in [1.165, 1.54) is 12.8 Å². The maximum absolute atomic E-state index is 12.8. The van der Waals surface area contributed by atoms with E-state index in [1.807, 2.05) is 25.8 Å². The van der Waals surface area contributed by atoms with Crippen LogP contribution in [-0.4, -0.2) is 39.7 Å². The number of amides is 1. The maximum Gasteiger partial charge on any atom is 0.257 e. The third-order valence-corrected chi connectivity index (χ3v) is 4.64. The predicted octanol–water partition coefficient (Wildman–Crippen LogP) is 1.71. The third-order valence-electron chi connectivity index (χ3n) is 4.64. The van der Waals surface area contributed by atoms with Crippen LogP contribution in [0.4, 0.5) is 0 Å². The Morgan fingerprint density at radius 3 is 2.75 bits per heavy atom. The molecule has 0 aromatic carbocycles. The molecule has 0 bridgehead atoms. The van der Waals surface area contributed by atoms with E-state index in [2.05, 4.69) is 5.10 Å². The molecule has 0 aliphatic heterocycles. The van der Waals surface area contributed by atoms with Gasteiger partial charge in [-0.1, -0.05) is 12.8 Å². The zero-order valence-electron chi connectivity index (χ0n) is 12.8. The number of hydrogen-bond donors (Lipinski definition) is 1. The van der Waals surface area contributed by atoms with Gasteiger partial charge in [0.15, 0.2) is 0 Å². The molecule has 1 fully saturated rings. The van der Waals surface area contributed by atoms with Crippen molar-refractivity contribution in [3.05, 3.63) is 17.5 Å². The molecule has 5 nitrogen and oxygen atoms in total. The second-order valence-electron chi connectivity index (χ2n) is 5.71. The fraction of sp³-hybridized carbons (Fsp3) is 0.733. The van der Waals surface area contributed by atoms with Crippen molar-refractivity contribution in [1.82, 2.24) is 14.7 Å². The fourth-order valence-corrected chi connectivity index (χ4v) is 3.27. The van der Waals surface area contributed by atoms with Crippen molar-refractivity contribution >= 4 is 5.91 Å². The van der Waals surface area contributed by atoms with E-state index in [-0.39, 0.29) is 11.9 Å². The summed E-state index contributed by atoms with van der Waals surface area (Å²) in [7, 11) is 1.87. The van der Waals surface area contributed by atoms with E-state index >= 15 is 0 Å². The topological polar surface area (TPSA) is 64.2 Å². The minimum Gasteiger partial charge on any atom is -0.336 e. The van der Waals surface area contributed by atoms with Crippen LogP contribution in [0.5, 0.6) is 0 Å². The number of aryl methyl sites for hydroxylation is 1. The predicted molar refractivity (Wildman–Crippen MR) is 79.5 cm³/mol. The molecule has 5 heteroatoms. The fourth-order valence-electron chi connectivity index (χ4n) is 3.27. The number of rotatable bonds is 4. The lowest BCUT2D eigenvalue weighted by molar-refractivity contribution is 0.0559. The molecule has 0 saturated heterocycles. The van der Waals surface area contributed by atoms with E-state index in [0.717, 1.165) is 30.6 Å². The number of carbonyl (C=O) groups excluding carboxylic acids is 1. The van der Waals surface area contributed by atoms with Crippen LogP contribution in [0, 0.1) is 12.8 Å². The average Bonchev–Trinajstić information content (AvgIpc) is 2.80. The molecule has 2 rings (SSSR count). The quantitative estimate of drug-likeness (QED) is 0.912. The molecule has 0 radical (unpaired) electrons. The molecule has 2 unspecified atom stereocenters. The summed E-state index contributed by atoms with van der Waals surface area (Å²) in [5, 5.41) is 4.18. The smallest absolute Gasteiger partial charge is 0.257 e. The van der Waals surface area contributed by atoms with Gasteiger partial charge < -0.3 is 10.6 Å². The first-order valence-corrected chi connectivity index (χ1v) is 7.59. The molecular weight excluding hydrogens is 252 g/mol. The lowest BCUT2D eigenvalue weighted by Gasteiger charge is -2.39. The van der Waals surface area contributed by atoms with Crippen LogP contribution in [0.3, 0.4) is 0 Å². The van der Waals surface area contributed by atoms with Crippen molar-refractivity contribution in [3.8, 4) is 0 Å². The molecule has 20 heavy (non-hydrogen) atoms. The third kappa shape index (κ3) is 2.73. The van der Waals surface area contributed by atoms with E-state index in [0.29, 0.717) is 12.5 Å². The van der Waals surface area contributed by atoms with Gasteiger partial charge in [0.2, 0.25) is 0 Å². The largest absolute Gasteiger partial charge is 0.336 e. The lowest BCUT2D eigenvalue weighted by Crippen LogP contribution is -2.48. The standard InChI is InChI=1S/C15H26N4O/c1-4-19(14-8-6-5-7-12(14)9-16)15(20)13-10-17-18(3)11(13)2/h10,12,14H,4-9,16H2,1-3H3. The summed E-state index contributed by atoms with van der Waals surface area (Å²) < 4.78 is 1.75. The van der Waals surface area contributed by atoms with Gasteiger partial charge in [-0.3, -0.25) is 9.48 Å². The van der Waals surface area contributed by atoms with Crippen LogP contribution < -0.4 is 5.73 Å². The summed E-state index contributed by atoms with van der Waals surface area (Å²) >= 11 is 0. The highest BCUT2D eigenvalue weighted by Crippen LogP contribution is 2.29. The van der Waals surface area contributed by atoms with Gasteiger partial charge in [0.05, 0.1) is 11.8 Å². The Morgan fingerprint density at radius 1 is 1.50 bits per heavy atom. The summed E-state index contributed by atoms with van der Waals surface area (Å²) in [6.45, 7) is 5.38. The van der Waals surface area contributed by atoms with E-state index in [9.17, 15) is 4.79 Å². The summed E-state index contributed by atoms with van der Waals surface area (Å²) in [5.41, 5.74) is 7.55. The second-order valence-corrected chi connectivity index (χ2v) is 5.71. The highest BCUT2D eigenvalue weighted by molar-refractivity contribution is 5.95. The van der Waals surface area contributed by atoms with Crippen LogP contribution in [0.1, 0.15) is 48.7 Å². The number of carbonyl (C=O) groups is 1. The maximum atomic E-state index is 12.8. The van der Waals surface area contributed by atoms with Crippen LogP contribution in [-0.2, 0) is 7.05 Å². The lowest BCUT2D eigenvalue weighted by atomic mass is 9.83. The van der Waals surface area contributed by atoms with Gasteiger partial charge in [-0.05, 0) is 39.2 Å². The Labute approximate surface area is 121 Å². The van der Waals surface area contributed by atoms with E-state index < -0.39 is 0 Å². The summed E-state index contributed by atoms with van der Waals surface area (Å²) in [5.74, 6) is 0.535. The molecule has 1 aliphatic carbocycles. The van der Waals surface area contributed by atoms with Gasteiger partial charge >= 0.3 is 0 Å². The molecule has 112 valence electrons. The van der Waals surface area contributed by atoms with Crippen molar-refractivity contribution in [2.75, 3.05) is 13.1 Å². The van der Waals surface area contributed by atoms with Gasteiger partial charge in [0.1, 0.15) is 0 Å². The van der Waals surface area contributed by atoms with Gasteiger partial charge in [-0.15, -0.1) is 0 Å². The molecular formula is C15H26N4O. The molecule has 1 aliphatic rings. The minimum absolute atomic E-state index is 0.100. The van der Waals surface area contributed by atoms with Gasteiger partial charge in [-0.2, -0.15) is 5.10 Å². The van der Waals surface area contributed by atoms with E-state index in [1.54, 1.807) is 10.9 Å². The molecule has 1 aromatic rings. The van der Waals surface area contributed by atoms with Crippen molar-refractivity contribution in [2.45, 2.75) is 45.6 Å². The first-order chi connectivity index (χ1) is 9.60. The second kappa shape index (κ2) is 6.39. The van der Waals surface area contributed by atoms with Gasteiger partial charge in [0.25, 0.3) is 5.91 Å². The Kier molecular flexibility index (Phi) is 4.81. The number of nitrogens with two attached hydrogens (primary N) is 1. The molecule has 1 aromatic heterocycles. The molecule has 2 N–H and O–H groups in total.